The maximum Gasteiger partial charge on any atom is 0.133 e. The number of ketones is 2. The van der Waals surface area contributed by atoms with E-state index in [1.165, 1.54) is 12.8 Å². The van der Waals surface area contributed by atoms with Crippen molar-refractivity contribution >= 4 is 11.6 Å². The summed E-state index contributed by atoms with van der Waals surface area (Å²) in [5, 5.41) is 0. The van der Waals surface area contributed by atoms with Crippen molar-refractivity contribution in [3.05, 3.63) is 0 Å². The Morgan fingerprint density at radius 2 is 1.31 bits per heavy atom. The van der Waals surface area contributed by atoms with Crippen molar-refractivity contribution in [2.75, 3.05) is 0 Å². The fraction of sp³-hybridized carbons (Fsp3) is 0.818. The van der Waals surface area contributed by atoms with Gasteiger partial charge in [-0.2, -0.15) is 0 Å². The van der Waals surface area contributed by atoms with Crippen LogP contribution in [0, 0.1) is 23.7 Å². The molecule has 0 heterocycles. The topological polar surface area (TPSA) is 34.1 Å². The fourth-order valence-corrected chi connectivity index (χ4v) is 3.46. The second-order valence-corrected chi connectivity index (χ2v) is 4.61. The highest BCUT2D eigenvalue weighted by atomic mass is 16.1. The van der Waals surface area contributed by atoms with Gasteiger partial charge in [0.15, 0.2) is 0 Å². The Kier molecular flexibility index (Phi) is 2.01. The van der Waals surface area contributed by atoms with Crippen molar-refractivity contribution in [3.63, 3.8) is 0 Å². The Hall–Kier alpha value is -0.660. The Morgan fingerprint density at radius 1 is 0.923 bits per heavy atom. The van der Waals surface area contributed by atoms with Crippen molar-refractivity contribution in [2.24, 2.45) is 23.7 Å². The highest BCUT2D eigenvalue weighted by molar-refractivity contribution is 5.88. The third-order valence-corrected chi connectivity index (χ3v) is 3.86. The minimum Gasteiger partial charge on any atom is -0.300 e. The molecule has 2 aliphatic carbocycles. The number of hydrogen-bond donors (Lipinski definition) is 0. The first kappa shape index (κ1) is 8.92. The van der Waals surface area contributed by atoms with E-state index in [0.717, 1.165) is 6.42 Å². The number of Topliss-reactive ketones (excluding diaryl/α,β-unsaturated/α-hetero) is 2. The average molecular weight is 180 g/mol. The van der Waals surface area contributed by atoms with Gasteiger partial charge in [0.2, 0.25) is 0 Å². The lowest BCUT2D eigenvalue weighted by molar-refractivity contribution is -0.132. The van der Waals surface area contributed by atoms with Gasteiger partial charge < -0.3 is 0 Å². The van der Waals surface area contributed by atoms with E-state index < -0.39 is 0 Å². The number of fused-ring (bicyclic) bond motifs is 2. The van der Waals surface area contributed by atoms with Crippen LogP contribution in [-0.2, 0) is 9.59 Å². The van der Waals surface area contributed by atoms with Gasteiger partial charge in [-0.05, 0) is 44.9 Å². The third-order valence-electron chi connectivity index (χ3n) is 3.86. The Labute approximate surface area is 78.7 Å². The number of hydrogen-bond acceptors (Lipinski definition) is 2. The molecule has 0 aromatic rings. The Morgan fingerprint density at radius 3 is 1.62 bits per heavy atom. The zero-order valence-corrected chi connectivity index (χ0v) is 8.25. The number of rotatable bonds is 2. The van der Waals surface area contributed by atoms with Crippen LogP contribution < -0.4 is 0 Å². The van der Waals surface area contributed by atoms with Crippen LogP contribution >= 0.6 is 0 Å². The maximum absolute atomic E-state index is 11.4. The summed E-state index contributed by atoms with van der Waals surface area (Å²) >= 11 is 0. The number of carbonyl (C=O) groups excluding carboxylic acids is 2. The predicted molar refractivity (Wildman–Crippen MR) is 49.2 cm³/mol. The molecule has 2 fully saturated rings. The molecule has 0 aromatic carbocycles. The molecule has 13 heavy (non-hydrogen) atoms. The van der Waals surface area contributed by atoms with Crippen molar-refractivity contribution in [1.82, 2.24) is 0 Å². The van der Waals surface area contributed by atoms with Crippen LogP contribution in [0.25, 0.3) is 0 Å². The molecule has 2 heteroatoms. The molecule has 0 spiro atoms. The first-order valence-corrected chi connectivity index (χ1v) is 5.12. The maximum atomic E-state index is 11.4. The lowest BCUT2D eigenvalue weighted by Crippen LogP contribution is -2.32. The van der Waals surface area contributed by atoms with Crippen molar-refractivity contribution in [1.29, 1.82) is 0 Å². The van der Waals surface area contributed by atoms with Gasteiger partial charge in [-0.1, -0.05) is 0 Å². The van der Waals surface area contributed by atoms with Crippen LogP contribution in [0.4, 0.5) is 0 Å². The van der Waals surface area contributed by atoms with E-state index in [9.17, 15) is 9.59 Å². The fourth-order valence-electron chi connectivity index (χ4n) is 3.46. The highest BCUT2D eigenvalue weighted by Crippen LogP contribution is 2.52. The average Bonchev–Trinajstić information content (AvgIpc) is 2.60. The lowest BCUT2D eigenvalue weighted by Gasteiger charge is -2.26. The van der Waals surface area contributed by atoms with E-state index >= 15 is 0 Å². The summed E-state index contributed by atoms with van der Waals surface area (Å²) in [6.45, 7) is 3.28. The predicted octanol–water partition coefficient (Wildman–Crippen LogP) is 1.83. The quantitative estimate of drug-likeness (QED) is 0.649. The molecule has 0 radical (unpaired) electrons. The summed E-state index contributed by atoms with van der Waals surface area (Å²) in [6.07, 6.45) is 3.45. The monoisotopic (exact) mass is 180 g/mol. The van der Waals surface area contributed by atoms with E-state index in [1.807, 2.05) is 0 Å². The Bertz CT molecular complexity index is 231. The SMILES string of the molecule is CC(=O)C1C2CCC(C2)C1C(C)=O. The molecule has 0 aliphatic heterocycles. The van der Waals surface area contributed by atoms with Gasteiger partial charge in [0.1, 0.15) is 11.6 Å². The van der Waals surface area contributed by atoms with E-state index in [1.54, 1.807) is 13.8 Å². The molecule has 72 valence electrons. The standard InChI is InChI=1S/C11H16O2/c1-6(12)10-8-3-4-9(5-8)11(10)7(2)13/h8-11H,3-5H2,1-2H3. The second-order valence-electron chi connectivity index (χ2n) is 4.61. The van der Waals surface area contributed by atoms with Crippen molar-refractivity contribution in [3.8, 4) is 0 Å². The smallest absolute Gasteiger partial charge is 0.133 e. The summed E-state index contributed by atoms with van der Waals surface area (Å²) < 4.78 is 0. The third kappa shape index (κ3) is 1.23. The van der Waals surface area contributed by atoms with Gasteiger partial charge in [-0.3, -0.25) is 9.59 Å². The summed E-state index contributed by atoms with van der Waals surface area (Å²) in [6, 6.07) is 0. The van der Waals surface area contributed by atoms with Gasteiger partial charge in [0.25, 0.3) is 0 Å². The summed E-state index contributed by atoms with van der Waals surface area (Å²) in [7, 11) is 0. The molecule has 2 bridgehead atoms. The zero-order chi connectivity index (χ0) is 9.59. The van der Waals surface area contributed by atoms with Crippen LogP contribution in [0.15, 0.2) is 0 Å². The minimum atomic E-state index is 0.0660. The van der Waals surface area contributed by atoms with E-state index in [0.29, 0.717) is 11.8 Å². The van der Waals surface area contributed by atoms with E-state index in [4.69, 9.17) is 0 Å². The van der Waals surface area contributed by atoms with E-state index in [-0.39, 0.29) is 23.4 Å². The van der Waals surface area contributed by atoms with Gasteiger partial charge >= 0.3 is 0 Å². The Balaban J connectivity index is 2.24. The normalized spacial score (nSPS) is 42.3. The number of carbonyl (C=O) groups is 2. The summed E-state index contributed by atoms with van der Waals surface area (Å²) in [4.78, 5) is 22.8. The molecule has 2 saturated carbocycles. The molecule has 0 N–H and O–H groups in total. The zero-order valence-electron chi connectivity index (χ0n) is 8.25. The molecule has 2 rings (SSSR count). The summed E-state index contributed by atoms with van der Waals surface area (Å²) in [5.41, 5.74) is 0. The van der Waals surface area contributed by atoms with Crippen LogP contribution in [0.1, 0.15) is 33.1 Å². The van der Waals surface area contributed by atoms with Crippen LogP contribution in [0.3, 0.4) is 0 Å². The van der Waals surface area contributed by atoms with Gasteiger partial charge in [0.05, 0.1) is 0 Å². The van der Waals surface area contributed by atoms with Gasteiger partial charge in [-0.15, -0.1) is 0 Å². The molecule has 2 aliphatic rings. The van der Waals surface area contributed by atoms with Gasteiger partial charge in [0, 0.05) is 11.8 Å². The highest BCUT2D eigenvalue weighted by Gasteiger charge is 2.51. The van der Waals surface area contributed by atoms with Crippen LogP contribution in [0.2, 0.25) is 0 Å². The minimum absolute atomic E-state index is 0.0660. The van der Waals surface area contributed by atoms with Crippen LogP contribution in [-0.4, -0.2) is 11.6 Å². The summed E-state index contributed by atoms with van der Waals surface area (Å²) in [5.74, 6) is 1.64. The largest absolute Gasteiger partial charge is 0.300 e. The first-order valence-electron chi connectivity index (χ1n) is 5.12. The molecular formula is C11H16O2. The molecular weight excluding hydrogens is 164 g/mol. The molecule has 4 unspecified atom stereocenters. The van der Waals surface area contributed by atoms with Crippen molar-refractivity contribution in [2.45, 2.75) is 33.1 Å². The molecule has 0 amide bonds. The molecule has 2 nitrogen and oxygen atoms in total. The van der Waals surface area contributed by atoms with Crippen molar-refractivity contribution < 1.29 is 9.59 Å². The molecule has 4 atom stereocenters. The molecule has 0 saturated heterocycles. The lowest BCUT2D eigenvalue weighted by atomic mass is 9.75. The first-order chi connectivity index (χ1) is 6.11. The van der Waals surface area contributed by atoms with Crippen LogP contribution in [0.5, 0.6) is 0 Å². The molecule has 0 aromatic heterocycles. The second kappa shape index (κ2) is 2.93. The van der Waals surface area contributed by atoms with Gasteiger partial charge in [-0.25, -0.2) is 0 Å². The van der Waals surface area contributed by atoms with E-state index in [2.05, 4.69) is 0 Å².